The lowest BCUT2D eigenvalue weighted by atomic mass is 10.1. The molecule has 1 aromatic rings. The van der Waals surface area contributed by atoms with Crippen LogP contribution in [0.25, 0.3) is 0 Å². The fourth-order valence-electron chi connectivity index (χ4n) is 1.94. The predicted octanol–water partition coefficient (Wildman–Crippen LogP) is 1.37. The molecule has 1 atom stereocenters. The molecule has 1 saturated heterocycles. The highest BCUT2D eigenvalue weighted by molar-refractivity contribution is 6.31. The van der Waals surface area contributed by atoms with E-state index in [9.17, 15) is 9.90 Å². The summed E-state index contributed by atoms with van der Waals surface area (Å²) in [5.41, 5.74) is 1.69. The Kier molecular flexibility index (Phi) is 3.66. The minimum absolute atomic E-state index is 0.0441. The molecular weight excluding hydrogens is 242 g/mol. The van der Waals surface area contributed by atoms with Crippen LogP contribution in [-0.4, -0.2) is 36.9 Å². The summed E-state index contributed by atoms with van der Waals surface area (Å²) in [6.07, 6.45) is 0. The molecule has 0 aromatic heterocycles. The van der Waals surface area contributed by atoms with Crippen LogP contribution < -0.4 is 4.90 Å². The maximum Gasteiger partial charge on any atom is 0.253 e. The SMILES string of the molecule is Cc1ccc(Cl)cc1N1C(=O)COCC1CO. The lowest BCUT2D eigenvalue weighted by Gasteiger charge is -2.35. The molecule has 92 valence electrons. The van der Waals surface area contributed by atoms with Gasteiger partial charge in [-0.1, -0.05) is 17.7 Å². The zero-order chi connectivity index (χ0) is 12.4. The van der Waals surface area contributed by atoms with E-state index in [0.29, 0.717) is 11.6 Å². The van der Waals surface area contributed by atoms with Crippen LogP contribution in [0.5, 0.6) is 0 Å². The maximum absolute atomic E-state index is 11.9. The fourth-order valence-corrected chi connectivity index (χ4v) is 2.10. The van der Waals surface area contributed by atoms with Crippen LogP contribution in [0.15, 0.2) is 18.2 Å². The average molecular weight is 256 g/mol. The van der Waals surface area contributed by atoms with E-state index in [1.54, 1.807) is 17.0 Å². The lowest BCUT2D eigenvalue weighted by Crippen LogP contribution is -2.51. The number of amides is 1. The van der Waals surface area contributed by atoms with Gasteiger partial charge < -0.3 is 14.7 Å². The Bertz CT molecular complexity index is 436. The van der Waals surface area contributed by atoms with Crippen LogP contribution in [0.4, 0.5) is 5.69 Å². The Morgan fingerprint density at radius 3 is 3.06 bits per heavy atom. The summed E-state index contributed by atoms with van der Waals surface area (Å²) in [6.45, 7) is 2.16. The third-order valence-electron chi connectivity index (χ3n) is 2.81. The van der Waals surface area contributed by atoms with Gasteiger partial charge in [0.05, 0.1) is 19.3 Å². The van der Waals surface area contributed by atoms with Crippen molar-refractivity contribution >= 4 is 23.2 Å². The maximum atomic E-state index is 11.9. The molecule has 1 N–H and O–H groups in total. The number of benzene rings is 1. The van der Waals surface area contributed by atoms with Crippen molar-refractivity contribution in [3.8, 4) is 0 Å². The molecule has 1 amide bonds. The van der Waals surface area contributed by atoms with Gasteiger partial charge in [0.2, 0.25) is 0 Å². The van der Waals surface area contributed by atoms with Gasteiger partial charge in [0.25, 0.3) is 5.91 Å². The summed E-state index contributed by atoms with van der Waals surface area (Å²) in [6, 6.07) is 5.03. The minimum Gasteiger partial charge on any atom is -0.394 e. The minimum atomic E-state index is -0.339. The van der Waals surface area contributed by atoms with Crippen molar-refractivity contribution in [1.82, 2.24) is 0 Å². The Balaban J connectivity index is 2.41. The topological polar surface area (TPSA) is 49.8 Å². The third kappa shape index (κ3) is 2.44. The first-order valence-electron chi connectivity index (χ1n) is 5.40. The van der Waals surface area contributed by atoms with Crippen LogP contribution in [0, 0.1) is 6.92 Å². The largest absolute Gasteiger partial charge is 0.394 e. The van der Waals surface area contributed by atoms with Gasteiger partial charge in [-0.15, -0.1) is 0 Å². The van der Waals surface area contributed by atoms with Gasteiger partial charge >= 0.3 is 0 Å². The van der Waals surface area contributed by atoms with E-state index in [4.69, 9.17) is 16.3 Å². The second-order valence-corrected chi connectivity index (χ2v) is 4.48. The van der Waals surface area contributed by atoms with Gasteiger partial charge in [-0.2, -0.15) is 0 Å². The number of aliphatic hydroxyl groups is 1. The Morgan fingerprint density at radius 1 is 1.59 bits per heavy atom. The van der Waals surface area contributed by atoms with Crippen molar-refractivity contribution < 1.29 is 14.6 Å². The molecule has 1 aromatic carbocycles. The lowest BCUT2D eigenvalue weighted by molar-refractivity contribution is -0.128. The average Bonchev–Trinajstić information content (AvgIpc) is 2.32. The standard InChI is InChI=1S/C12H14ClNO3/c1-8-2-3-9(13)4-11(8)14-10(5-15)6-17-7-12(14)16/h2-4,10,15H,5-7H2,1H3. The highest BCUT2D eigenvalue weighted by atomic mass is 35.5. The molecule has 1 unspecified atom stereocenters. The quantitative estimate of drug-likeness (QED) is 0.869. The molecule has 0 radical (unpaired) electrons. The fraction of sp³-hybridized carbons (Fsp3) is 0.417. The summed E-state index contributed by atoms with van der Waals surface area (Å²) in [5.74, 6) is -0.152. The summed E-state index contributed by atoms with van der Waals surface area (Å²) in [5, 5.41) is 9.86. The summed E-state index contributed by atoms with van der Waals surface area (Å²) in [7, 11) is 0. The number of anilines is 1. The van der Waals surface area contributed by atoms with E-state index in [-0.39, 0.29) is 25.2 Å². The molecule has 0 spiro atoms. The molecule has 0 saturated carbocycles. The second kappa shape index (κ2) is 5.04. The Hall–Kier alpha value is -1.10. The van der Waals surface area contributed by atoms with Gasteiger partial charge in [-0.3, -0.25) is 4.79 Å². The highest BCUT2D eigenvalue weighted by Crippen LogP contribution is 2.27. The van der Waals surface area contributed by atoms with Gasteiger partial charge in [0, 0.05) is 10.7 Å². The number of morpholine rings is 1. The molecule has 4 nitrogen and oxygen atoms in total. The number of hydrogen-bond acceptors (Lipinski definition) is 3. The van der Waals surface area contributed by atoms with Crippen molar-refractivity contribution in [3.63, 3.8) is 0 Å². The number of carbonyl (C=O) groups is 1. The zero-order valence-electron chi connectivity index (χ0n) is 9.52. The second-order valence-electron chi connectivity index (χ2n) is 4.05. The molecular formula is C12H14ClNO3. The molecule has 0 bridgehead atoms. The molecule has 1 aliphatic heterocycles. The van der Waals surface area contributed by atoms with E-state index >= 15 is 0 Å². The number of halogens is 1. The molecule has 5 heteroatoms. The van der Waals surface area contributed by atoms with Gasteiger partial charge in [0.1, 0.15) is 6.61 Å². The zero-order valence-corrected chi connectivity index (χ0v) is 10.3. The van der Waals surface area contributed by atoms with Crippen molar-refractivity contribution in [3.05, 3.63) is 28.8 Å². The number of aliphatic hydroxyl groups excluding tert-OH is 1. The van der Waals surface area contributed by atoms with E-state index in [0.717, 1.165) is 11.3 Å². The van der Waals surface area contributed by atoms with Crippen molar-refractivity contribution in [2.24, 2.45) is 0 Å². The third-order valence-corrected chi connectivity index (χ3v) is 3.05. The highest BCUT2D eigenvalue weighted by Gasteiger charge is 2.30. The smallest absolute Gasteiger partial charge is 0.253 e. The van der Waals surface area contributed by atoms with Crippen LogP contribution in [0.2, 0.25) is 5.02 Å². The molecule has 17 heavy (non-hydrogen) atoms. The normalized spacial score (nSPS) is 20.8. The van der Waals surface area contributed by atoms with Crippen molar-refractivity contribution in [1.29, 1.82) is 0 Å². The van der Waals surface area contributed by atoms with E-state index in [2.05, 4.69) is 0 Å². The van der Waals surface area contributed by atoms with Crippen LogP contribution in [0.3, 0.4) is 0 Å². The number of carbonyl (C=O) groups excluding carboxylic acids is 1. The number of ether oxygens (including phenoxy) is 1. The van der Waals surface area contributed by atoms with Crippen LogP contribution in [0.1, 0.15) is 5.56 Å². The first-order valence-corrected chi connectivity index (χ1v) is 5.78. The Morgan fingerprint density at radius 2 is 2.35 bits per heavy atom. The van der Waals surface area contributed by atoms with Crippen molar-refractivity contribution in [2.75, 3.05) is 24.7 Å². The number of nitrogens with zero attached hydrogens (tertiary/aromatic N) is 1. The number of rotatable bonds is 2. The van der Waals surface area contributed by atoms with E-state index in [1.807, 2.05) is 13.0 Å². The first-order chi connectivity index (χ1) is 8.13. The molecule has 0 aliphatic carbocycles. The van der Waals surface area contributed by atoms with E-state index in [1.165, 1.54) is 0 Å². The molecule has 2 rings (SSSR count). The molecule has 1 heterocycles. The summed E-state index contributed by atoms with van der Waals surface area (Å²) in [4.78, 5) is 13.4. The van der Waals surface area contributed by atoms with E-state index < -0.39 is 0 Å². The van der Waals surface area contributed by atoms with Gasteiger partial charge in [0.15, 0.2) is 0 Å². The Labute approximate surface area is 105 Å². The first kappa shape index (κ1) is 12.4. The number of aryl methyl sites for hydroxylation is 1. The number of hydrogen-bond donors (Lipinski definition) is 1. The summed E-state index contributed by atoms with van der Waals surface area (Å²) >= 11 is 5.94. The van der Waals surface area contributed by atoms with Crippen LogP contribution >= 0.6 is 11.6 Å². The van der Waals surface area contributed by atoms with Crippen LogP contribution in [-0.2, 0) is 9.53 Å². The van der Waals surface area contributed by atoms with Crippen molar-refractivity contribution in [2.45, 2.75) is 13.0 Å². The van der Waals surface area contributed by atoms with Gasteiger partial charge in [-0.05, 0) is 24.6 Å². The molecule has 1 aliphatic rings. The monoisotopic (exact) mass is 255 g/mol. The van der Waals surface area contributed by atoms with Gasteiger partial charge in [-0.25, -0.2) is 0 Å². The molecule has 1 fully saturated rings. The predicted molar refractivity (Wildman–Crippen MR) is 65.4 cm³/mol. The summed E-state index contributed by atoms with van der Waals surface area (Å²) < 4.78 is 5.12.